The number of aromatic nitrogens is 1. The topological polar surface area (TPSA) is 48.0 Å². The Bertz CT molecular complexity index is 708. The summed E-state index contributed by atoms with van der Waals surface area (Å²) < 4.78 is 2.30. The lowest BCUT2D eigenvalue weighted by atomic mass is 9.96. The maximum absolute atomic E-state index is 12.2. The van der Waals surface area contributed by atoms with Crippen LogP contribution >= 0.6 is 0 Å². The Morgan fingerprint density at radius 1 is 1.12 bits per heavy atom. The minimum atomic E-state index is -0.334. The summed E-state index contributed by atoms with van der Waals surface area (Å²) in [6.45, 7) is 10.6. The standard InChI is InChI=1S/C21H30N2O/c1-6-7-8-9-18-20(17-12-10-15(4)11-13-17)19(21(22)24)16(5)23(18)14(2)3/h10-14H,6-9H2,1-5H3,(H2,22,24). The average Bonchev–Trinajstić information content (AvgIpc) is 2.81. The van der Waals surface area contributed by atoms with Gasteiger partial charge in [-0.3, -0.25) is 4.79 Å². The van der Waals surface area contributed by atoms with Crippen LogP contribution in [0.1, 0.15) is 73.4 Å². The molecule has 24 heavy (non-hydrogen) atoms. The van der Waals surface area contributed by atoms with Crippen LogP contribution in [0.5, 0.6) is 0 Å². The molecule has 0 spiro atoms. The number of aryl methyl sites for hydroxylation is 1. The molecule has 0 aliphatic heterocycles. The molecular formula is C21H30N2O. The van der Waals surface area contributed by atoms with E-state index in [1.54, 1.807) is 0 Å². The van der Waals surface area contributed by atoms with Gasteiger partial charge in [0.25, 0.3) is 5.91 Å². The SMILES string of the molecule is CCCCCc1c(-c2ccc(C)cc2)c(C(N)=O)c(C)n1C(C)C. The lowest BCUT2D eigenvalue weighted by Gasteiger charge is -2.17. The Labute approximate surface area is 145 Å². The van der Waals surface area contributed by atoms with Crippen molar-refractivity contribution < 1.29 is 4.79 Å². The summed E-state index contributed by atoms with van der Waals surface area (Å²) in [7, 11) is 0. The van der Waals surface area contributed by atoms with Gasteiger partial charge in [-0.25, -0.2) is 0 Å². The van der Waals surface area contributed by atoms with Crippen molar-refractivity contribution in [3.8, 4) is 11.1 Å². The van der Waals surface area contributed by atoms with Gasteiger partial charge in [-0.15, -0.1) is 0 Å². The minimum Gasteiger partial charge on any atom is -0.366 e. The lowest BCUT2D eigenvalue weighted by molar-refractivity contribution is 0.1000. The van der Waals surface area contributed by atoms with Crippen LogP contribution in [0, 0.1) is 13.8 Å². The van der Waals surface area contributed by atoms with Crippen molar-refractivity contribution in [1.82, 2.24) is 4.57 Å². The number of unbranched alkanes of at least 4 members (excludes halogenated alkanes) is 2. The molecule has 0 saturated carbocycles. The fourth-order valence-corrected chi connectivity index (χ4v) is 3.59. The molecule has 130 valence electrons. The van der Waals surface area contributed by atoms with Crippen molar-refractivity contribution in [3.63, 3.8) is 0 Å². The van der Waals surface area contributed by atoms with Gasteiger partial charge >= 0.3 is 0 Å². The summed E-state index contributed by atoms with van der Waals surface area (Å²) >= 11 is 0. The highest BCUT2D eigenvalue weighted by molar-refractivity contribution is 6.02. The molecular weight excluding hydrogens is 296 g/mol. The zero-order valence-electron chi connectivity index (χ0n) is 15.6. The van der Waals surface area contributed by atoms with E-state index in [9.17, 15) is 4.79 Å². The zero-order valence-corrected chi connectivity index (χ0v) is 15.6. The molecule has 1 aromatic carbocycles. The van der Waals surface area contributed by atoms with Crippen LogP contribution in [0.25, 0.3) is 11.1 Å². The largest absolute Gasteiger partial charge is 0.366 e. The smallest absolute Gasteiger partial charge is 0.251 e. The quantitative estimate of drug-likeness (QED) is 0.700. The van der Waals surface area contributed by atoms with E-state index in [-0.39, 0.29) is 5.91 Å². The second-order valence-corrected chi connectivity index (χ2v) is 6.93. The van der Waals surface area contributed by atoms with E-state index in [0.717, 1.165) is 29.7 Å². The summed E-state index contributed by atoms with van der Waals surface area (Å²) in [5, 5.41) is 0. The van der Waals surface area contributed by atoms with Crippen molar-refractivity contribution in [3.05, 3.63) is 46.8 Å². The summed E-state index contributed by atoms with van der Waals surface area (Å²) in [5.74, 6) is -0.334. The van der Waals surface area contributed by atoms with Gasteiger partial charge in [0.05, 0.1) is 5.56 Å². The number of hydrogen-bond donors (Lipinski definition) is 1. The highest BCUT2D eigenvalue weighted by atomic mass is 16.1. The van der Waals surface area contributed by atoms with Gasteiger partial charge in [0, 0.05) is 23.0 Å². The van der Waals surface area contributed by atoms with Gasteiger partial charge in [-0.1, -0.05) is 49.6 Å². The van der Waals surface area contributed by atoms with E-state index >= 15 is 0 Å². The molecule has 0 aliphatic rings. The van der Waals surface area contributed by atoms with E-state index in [0.29, 0.717) is 11.6 Å². The number of nitrogens with zero attached hydrogens (tertiary/aromatic N) is 1. The normalized spacial score (nSPS) is 11.2. The van der Waals surface area contributed by atoms with E-state index < -0.39 is 0 Å². The average molecular weight is 326 g/mol. The highest BCUT2D eigenvalue weighted by Gasteiger charge is 2.25. The maximum Gasteiger partial charge on any atom is 0.251 e. The van der Waals surface area contributed by atoms with Gasteiger partial charge in [-0.2, -0.15) is 0 Å². The first-order chi connectivity index (χ1) is 11.4. The highest BCUT2D eigenvalue weighted by Crippen LogP contribution is 2.35. The third-order valence-electron chi connectivity index (χ3n) is 4.67. The number of carbonyl (C=O) groups is 1. The van der Waals surface area contributed by atoms with Crippen LogP contribution in [0.2, 0.25) is 0 Å². The monoisotopic (exact) mass is 326 g/mol. The molecule has 0 unspecified atom stereocenters. The van der Waals surface area contributed by atoms with Gasteiger partial charge in [-0.05, 0) is 46.1 Å². The number of carbonyl (C=O) groups excluding carboxylic acids is 1. The van der Waals surface area contributed by atoms with Crippen LogP contribution in [0.15, 0.2) is 24.3 Å². The molecule has 1 heterocycles. The Kier molecular flexibility index (Phi) is 5.87. The predicted octanol–water partition coefficient (Wildman–Crippen LogP) is 5.18. The van der Waals surface area contributed by atoms with Crippen LogP contribution in [0.3, 0.4) is 0 Å². The van der Waals surface area contributed by atoms with Crippen LogP contribution in [0.4, 0.5) is 0 Å². The molecule has 3 nitrogen and oxygen atoms in total. The fourth-order valence-electron chi connectivity index (χ4n) is 3.59. The summed E-state index contributed by atoms with van der Waals surface area (Å²) in [4.78, 5) is 12.2. The first-order valence-electron chi connectivity index (χ1n) is 8.98. The number of hydrogen-bond acceptors (Lipinski definition) is 1. The van der Waals surface area contributed by atoms with Crippen LogP contribution < -0.4 is 5.73 Å². The molecule has 2 aromatic rings. The second-order valence-electron chi connectivity index (χ2n) is 6.93. The molecule has 0 bridgehead atoms. The van der Waals surface area contributed by atoms with Crippen molar-refractivity contribution in [2.24, 2.45) is 5.73 Å². The maximum atomic E-state index is 12.2. The first-order valence-corrected chi connectivity index (χ1v) is 8.98. The number of nitrogens with two attached hydrogens (primary N) is 1. The predicted molar refractivity (Wildman–Crippen MR) is 101 cm³/mol. The Hall–Kier alpha value is -2.03. The van der Waals surface area contributed by atoms with Crippen LogP contribution in [-0.4, -0.2) is 10.5 Å². The molecule has 2 N–H and O–H groups in total. The van der Waals surface area contributed by atoms with E-state index in [1.807, 2.05) is 6.92 Å². The van der Waals surface area contributed by atoms with Crippen molar-refractivity contribution in [1.29, 1.82) is 0 Å². The Morgan fingerprint density at radius 2 is 1.75 bits per heavy atom. The van der Waals surface area contributed by atoms with E-state index in [2.05, 4.69) is 56.5 Å². The molecule has 0 atom stereocenters. The van der Waals surface area contributed by atoms with Gasteiger partial charge in [0.2, 0.25) is 0 Å². The fraction of sp³-hybridized carbons (Fsp3) is 0.476. The molecule has 0 saturated heterocycles. The van der Waals surface area contributed by atoms with Crippen LogP contribution in [-0.2, 0) is 6.42 Å². The van der Waals surface area contributed by atoms with Gasteiger partial charge in [0.15, 0.2) is 0 Å². The van der Waals surface area contributed by atoms with Crippen molar-refractivity contribution >= 4 is 5.91 Å². The molecule has 0 aliphatic carbocycles. The van der Waals surface area contributed by atoms with E-state index in [4.69, 9.17) is 5.73 Å². The number of rotatable bonds is 7. The minimum absolute atomic E-state index is 0.305. The van der Waals surface area contributed by atoms with Crippen molar-refractivity contribution in [2.45, 2.75) is 66.3 Å². The molecule has 0 radical (unpaired) electrons. The van der Waals surface area contributed by atoms with Crippen molar-refractivity contribution in [2.75, 3.05) is 0 Å². The van der Waals surface area contributed by atoms with E-state index in [1.165, 1.54) is 24.1 Å². The molecule has 0 fully saturated rings. The molecule has 1 amide bonds. The molecule has 2 rings (SSSR count). The Morgan fingerprint density at radius 3 is 2.25 bits per heavy atom. The van der Waals surface area contributed by atoms with Gasteiger partial charge in [0.1, 0.15) is 0 Å². The summed E-state index contributed by atoms with van der Waals surface area (Å²) in [6.07, 6.45) is 4.48. The lowest BCUT2D eigenvalue weighted by Crippen LogP contribution is -2.14. The Balaban J connectivity index is 2.69. The second kappa shape index (κ2) is 7.69. The molecule has 1 aromatic heterocycles. The zero-order chi connectivity index (χ0) is 17.9. The summed E-state index contributed by atoms with van der Waals surface area (Å²) in [6, 6.07) is 8.70. The third-order valence-corrected chi connectivity index (χ3v) is 4.67. The number of amides is 1. The number of benzene rings is 1. The molecule has 3 heteroatoms. The van der Waals surface area contributed by atoms with Gasteiger partial charge < -0.3 is 10.3 Å². The first kappa shape index (κ1) is 18.3. The number of primary amides is 1. The summed E-state index contributed by atoms with van der Waals surface area (Å²) in [5.41, 5.74) is 12.0. The third kappa shape index (κ3) is 3.55.